The van der Waals surface area contributed by atoms with Crippen LogP contribution in [0.5, 0.6) is 5.75 Å². The molecule has 0 spiro atoms. The van der Waals surface area contributed by atoms with Crippen molar-refractivity contribution in [2.24, 2.45) is 4.99 Å². The van der Waals surface area contributed by atoms with Crippen molar-refractivity contribution >= 4 is 11.6 Å². The molecule has 7 heteroatoms. The fourth-order valence-electron chi connectivity index (χ4n) is 2.98. The van der Waals surface area contributed by atoms with Gasteiger partial charge in [-0.25, -0.2) is 4.99 Å². The van der Waals surface area contributed by atoms with Crippen molar-refractivity contribution in [1.82, 2.24) is 15.8 Å². The molecular weight excluding hydrogens is 318 g/mol. The second-order valence-electron chi connectivity index (χ2n) is 5.93. The van der Waals surface area contributed by atoms with Gasteiger partial charge in [0.1, 0.15) is 17.7 Å². The Balaban J connectivity index is 1.61. The molecule has 134 valence electrons. The summed E-state index contributed by atoms with van der Waals surface area (Å²) in [7, 11) is 1.71. The van der Waals surface area contributed by atoms with Crippen LogP contribution in [0.15, 0.2) is 46.1 Å². The number of benzene rings is 1. The first-order chi connectivity index (χ1) is 12.3. The van der Waals surface area contributed by atoms with E-state index in [1.807, 2.05) is 24.3 Å². The molecule has 2 N–H and O–H groups in total. The van der Waals surface area contributed by atoms with Crippen LogP contribution in [0.2, 0.25) is 0 Å². The van der Waals surface area contributed by atoms with Crippen molar-refractivity contribution < 1.29 is 9.26 Å². The van der Waals surface area contributed by atoms with Gasteiger partial charge in [-0.1, -0.05) is 17.3 Å². The molecule has 25 heavy (non-hydrogen) atoms. The summed E-state index contributed by atoms with van der Waals surface area (Å²) < 4.78 is 10.3. The zero-order valence-electron chi connectivity index (χ0n) is 14.7. The molecule has 7 nitrogen and oxygen atoms in total. The highest BCUT2D eigenvalue weighted by Gasteiger charge is 2.25. The van der Waals surface area contributed by atoms with Crippen LogP contribution in [0.4, 0.5) is 5.69 Å². The van der Waals surface area contributed by atoms with Gasteiger partial charge in [0.05, 0.1) is 19.3 Å². The van der Waals surface area contributed by atoms with Crippen LogP contribution in [-0.4, -0.2) is 43.9 Å². The van der Waals surface area contributed by atoms with Crippen molar-refractivity contribution in [3.8, 4) is 5.75 Å². The fraction of sp³-hybridized carbons (Fsp3) is 0.444. The summed E-state index contributed by atoms with van der Waals surface area (Å²) in [5, 5.41) is 10.7. The molecular formula is C18H25N5O2. The molecule has 2 heterocycles. The minimum atomic E-state index is 0.333. The number of para-hydroxylation sites is 2. The van der Waals surface area contributed by atoms with Gasteiger partial charge >= 0.3 is 0 Å². The number of aromatic nitrogens is 1. The zero-order chi connectivity index (χ0) is 17.5. The van der Waals surface area contributed by atoms with Crippen molar-refractivity contribution in [1.29, 1.82) is 0 Å². The van der Waals surface area contributed by atoms with E-state index >= 15 is 0 Å². The first-order valence-electron chi connectivity index (χ1n) is 8.62. The lowest BCUT2D eigenvalue weighted by Crippen LogP contribution is -2.44. The lowest BCUT2D eigenvalue weighted by atomic mass is 10.2. The van der Waals surface area contributed by atoms with Crippen LogP contribution in [-0.2, 0) is 6.54 Å². The molecule has 1 aliphatic rings. The second kappa shape index (κ2) is 8.41. The van der Waals surface area contributed by atoms with E-state index in [-0.39, 0.29) is 0 Å². The number of nitrogens with zero attached hydrogens (tertiary/aromatic N) is 3. The monoisotopic (exact) mass is 343 g/mol. The molecule has 0 bridgehead atoms. The predicted octanol–water partition coefficient (Wildman–Crippen LogP) is 2.02. The highest BCUT2D eigenvalue weighted by Crippen LogP contribution is 2.30. The number of methoxy groups -OCH3 is 1. The zero-order valence-corrected chi connectivity index (χ0v) is 14.7. The minimum absolute atomic E-state index is 0.333. The van der Waals surface area contributed by atoms with E-state index in [1.54, 1.807) is 13.4 Å². The number of aliphatic imine (C=N–C) groups is 1. The quantitative estimate of drug-likeness (QED) is 0.617. The highest BCUT2D eigenvalue weighted by molar-refractivity contribution is 5.80. The molecule has 0 radical (unpaired) electrons. The molecule has 1 unspecified atom stereocenters. The number of anilines is 1. The van der Waals surface area contributed by atoms with E-state index in [1.165, 1.54) is 0 Å². The Morgan fingerprint density at radius 1 is 1.40 bits per heavy atom. The molecule has 0 aliphatic carbocycles. The Morgan fingerprint density at radius 3 is 3.04 bits per heavy atom. The van der Waals surface area contributed by atoms with E-state index < -0.39 is 0 Å². The SMILES string of the molecule is CCNC(=NCc1ccon1)NC1CCN(c2ccccc2OC)C1. The number of ether oxygens (including phenoxy) is 1. The third-order valence-corrected chi connectivity index (χ3v) is 4.19. The summed E-state index contributed by atoms with van der Waals surface area (Å²) in [6.07, 6.45) is 2.61. The van der Waals surface area contributed by atoms with Crippen molar-refractivity contribution in [2.45, 2.75) is 25.9 Å². The van der Waals surface area contributed by atoms with E-state index in [0.29, 0.717) is 12.6 Å². The van der Waals surface area contributed by atoms with Crippen LogP contribution in [0.3, 0.4) is 0 Å². The molecule has 1 aromatic carbocycles. The van der Waals surface area contributed by atoms with Gasteiger partial charge in [-0.3, -0.25) is 0 Å². The largest absolute Gasteiger partial charge is 0.495 e. The van der Waals surface area contributed by atoms with Gasteiger partial charge in [0, 0.05) is 31.7 Å². The lowest BCUT2D eigenvalue weighted by Gasteiger charge is -2.22. The summed E-state index contributed by atoms with van der Waals surface area (Å²) in [6.45, 7) is 5.26. The molecule has 0 saturated carbocycles. The maximum Gasteiger partial charge on any atom is 0.191 e. The van der Waals surface area contributed by atoms with E-state index in [0.717, 1.165) is 49.1 Å². The number of hydrogen-bond donors (Lipinski definition) is 2. The number of nitrogens with one attached hydrogen (secondary N) is 2. The molecule has 0 amide bonds. The Kier molecular flexibility index (Phi) is 5.77. The molecule has 1 fully saturated rings. The van der Waals surface area contributed by atoms with Crippen molar-refractivity contribution in [3.63, 3.8) is 0 Å². The van der Waals surface area contributed by atoms with Gasteiger partial charge in [0.15, 0.2) is 5.96 Å². The van der Waals surface area contributed by atoms with Gasteiger partial charge in [0.25, 0.3) is 0 Å². The summed E-state index contributed by atoms with van der Waals surface area (Å²) in [5.41, 5.74) is 1.96. The van der Waals surface area contributed by atoms with Gasteiger partial charge < -0.3 is 24.8 Å². The lowest BCUT2D eigenvalue weighted by molar-refractivity contribution is 0.412. The summed E-state index contributed by atoms with van der Waals surface area (Å²) >= 11 is 0. The van der Waals surface area contributed by atoms with E-state index in [2.05, 4.69) is 38.7 Å². The highest BCUT2D eigenvalue weighted by atomic mass is 16.5. The van der Waals surface area contributed by atoms with Crippen LogP contribution < -0.4 is 20.3 Å². The van der Waals surface area contributed by atoms with Gasteiger partial charge in [-0.05, 0) is 25.5 Å². The second-order valence-corrected chi connectivity index (χ2v) is 5.93. The average Bonchev–Trinajstić information content (AvgIpc) is 3.32. The predicted molar refractivity (Wildman–Crippen MR) is 98.1 cm³/mol. The molecule has 1 atom stereocenters. The Hall–Kier alpha value is -2.70. The van der Waals surface area contributed by atoms with Crippen molar-refractivity contribution in [2.75, 3.05) is 31.6 Å². The third-order valence-electron chi connectivity index (χ3n) is 4.19. The van der Waals surface area contributed by atoms with Crippen molar-refractivity contribution in [3.05, 3.63) is 42.3 Å². The number of guanidine groups is 1. The average molecular weight is 343 g/mol. The maximum absolute atomic E-state index is 5.48. The maximum atomic E-state index is 5.48. The molecule has 1 aliphatic heterocycles. The summed E-state index contributed by atoms with van der Waals surface area (Å²) in [4.78, 5) is 6.92. The molecule has 1 saturated heterocycles. The summed E-state index contributed by atoms with van der Waals surface area (Å²) in [6, 6.07) is 10.3. The van der Waals surface area contributed by atoms with Gasteiger partial charge in [-0.15, -0.1) is 0 Å². The fourth-order valence-corrected chi connectivity index (χ4v) is 2.98. The number of hydrogen-bond acceptors (Lipinski definition) is 5. The Labute approximate surface area is 148 Å². The Morgan fingerprint density at radius 2 is 2.28 bits per heavy atom. The number of rotatable bonds is 6. The van der Waals surface area contributed by atoms with Crippen LogP contribution >= 0.6 is 0 Å². The molecule has 1 aromatic heterocycles. The third kappa shape index (κ3) is 4.43. The van der Waals surface area contributed by atoms with E-state index in [9.17, 15) is 0 Å². The van der Waals surface area contributed by atoms with E-state index in [4.69, 9.17) is 9.26 Å². The van der Waals surface area contributed by atoms with Crippen LogP contribution in [0.1, 0.15) is 19.0 Å². The minimum Gasteiger partial charge on any atom is -0.495 e. The molecule has 3 rings (SSSR count). The van der Waals surface area contributed by atoms with Crippen LogP contribution in [0, 0.1) is 0 Å². The van der Waals surface area contributed by atoms with Crippen LogP contribution in [0.25, 0.3) is 0 Å². The normalized spacial score (nSPS) is 17.6. The first-order valence-corrected chi connectivity index (χ1v) is 8.62. The van der Waals surface area contributed by atoms with Gasteiger partial charge in [0.2, 0.25) is 0 Å². The van der Waals surface area contributed by atoms with Gasteiger partial charge in [-0.2, -0.15) is 0 Å². The standard InChI is InChI=1S/C18H25N5O2/c1-3-19-18(20-12-14-9-11-25-22-14)21-15-8-10-23(13-15)16-6-4-5-7-17(16)24-2/h4-7,9,11,15H,3,8,10,12-13H2,1-2H3,(H2,19,20,21). The summed E-state index contributed by atoms with van der Waals surface area (Å²) in [5.74, 6) is 1.71. The smallest absolute Gasteiger partial charge is 0.191 e. The first kappa shape index (κ1) is 17.1. The molecule has 2 aromatic rings. The Bertz CT molecular complexity index is 687. The topological polar surface area (TPSA) is 74.9 Å².